The minimum Gasteiger partial charge on any atom is -0.443 e. The number of carbonyl (C=O) groups excluding carboxylic acids is 1. The third-order valence-corrected chi connectivity index (χ3v) is 6.77. The van der Waals surface area contributed by atoms with Crippen molar-refractivity contribution in [3.8, 4) is 11.1 Å². The minimum absolute atomic E-state index is 0.116. The van der Waals surface area contributed by atoms with Gasteiger partial charge in [-0.25, -0.2) is 13.6 Å². The lowest BCUT2D eigenvalue weighted by Gasteiger charge is -2.44. The van der Waals surface area contributed by atoms with E-state index in [1.54, 1.807) is 49.5 Å². The highest BCUT2D eigenvalue weighted by molar-refractivity contribution is 6.30. The molecule has 0 fully saturated rings. The molecule has 0 bridgehead atoms. The second-order valence-corrected chi connectivity index (χ2v) is 9.79. The molecule has 3 N–H and O–H groups in total. The fourth-order valence-corrected chi connectivity index (χ4v) is 5.09. The number of aromatic nitrogens is 1. The Balaban J connectivity index is 1.52. The van der Waals surface area contributed by atoms with Crippen LogP contribution in [0.5, 0.6) is 0 Å². The average molecular weight is 496 g/mol. The van der Waals surface area contributed by atoms with Gasteiger partial charge in [0.25, 0.3) is 0 Å². The molecule has 2 atom stereocenters. The van der Waals surface area contributed by atoms with E-state index in [0.29, 0.717) is 27.5 Å². The van der Waals surface area contributed by atoms with Crippen molar-refractivity contribution in [2.75, 3.05) is 10.6 Å². The molecule has 0 spiro atoms. The molecule has 1 amide bonds. The third-order valence-electron chi connectivity index (χ3n) is 6.51. The summed E-state index contributed by atoms with van der Waals surface area (Å²) in [5, 5.41) is 7.24. The van der Waals surface area contributed by atoms with Gasteiger partial charge in [-0.3, -0.25) is 5.32 Å². The first kappa shape index (κ1) is 23.2. The van der Waals surface area contributed by atoms with Gasteiger partial charge in [-0.05, 0) is 55.6 Å². The first-order chi connectivity index (χ1) is 16.7. The molecular formula is C27H24ClF2N3O2. The van der Waals surface area contributed by atoms with E-state index in [1.807, 2.05) is 26.0 Å². The van der Waals surface area contributed by atoms with E-state index in [9.17, 15) is 4.79 Å². The summed E-state index contributed by atoms with van der Waals surface area (Å²) in [5.41, 5.74) is 1.31. The van der Waals surface area contributed by atoms with Crippen LogP contribution in [-0.4, -0.2) is 22.7 Å². The number of hydrogen-bond donors (Lipinski definition) is 3. The van der Waals surface area contributed by atoms with Gasteiger partial charge in [0.1, 0.15) is 17.7 Å². The van der Waals surface area contributed by atoms with Crippen LogP contribution in [0.3, 0.4) is 0 Å². The highest BCUT2D eigenvalue weighted by atomic mass is 35.5. The van der Waals surface area contributed by atoms with Crippen molar-refractivity contribution in [3.05, 3.63) is 83.0 Å². The van der Waals surface area contributed by atoms with Crippen LogP contribution in [-0.2, 0) is 4.74 Å². The maximum Gasteiger partial charge on any atom is 0.411 e. The fourth-order valence-electron chi connectivity index (χ4n) is 4.96. The number of carbonyl (C=O) groups is 1. The van der Waals surface area contributed by atoms with Crippen molar-refractivity contribution in [2.45, 2.75) is 38.3 Å². The molecule has 0 saturated heterocycles. The number of ether oxygens (including phenoxy) is 1. The maximum absolute atomic E-state index is 16.1. The standard InChI is InChI=1S/C27H24ClF2N3O2/c1-14-21-20(13-19(29)22(23(21)30)18-6-4-5-15-11-12-31-24(15)18)33-27(2,3)25(14)35-26(34)32-17-9-7-16(28)8-10-17/h4-14,25,31,33H,1-3H3,(H,32,34)/t14-,25+/m1/s1. The average Bonchev–Trinajstić information content (AvgIpc) is 3.27. The largest absolute Gasteiger partial charge is 0.443 e. The molecule has 1 aliphatic rings. The number of hydrogen-bond acceptors (Lipinski definition) is 3. The first-order valence-electron chi connectivity index (χ1n) is 11.3. The minimum atomic E-state index is -0.788. The Bertz CT molecular complexity index is 1430. The van der Waals surface area contributed by atoms with Crippen LogP contribution < -0.4 is 10.6 Å². The molecule has 180 valence electrons. The molecule has 2 heterocycles. The number of anilines is 2. The number of fused-ring (bicyclic) bond motifs is 2. The summed E-state index contributed by atoms with van der Waals surface area (Å²) >= 11 is 5.90. The molecule has 35 heavy (non-hydrogen) atoms. The van der Waals surface area contributed by atoms with E-state index < -0.39 is 35.3 Å². The number of halogens is 3. The Morgan fingerprint density at radius 1 is 1.11 bits per heavy atom. The van der Waals surface area contributed by atoms with E-state index in [4.69, 9.17) is 16.3 Å². The predicted octanol–water partition coefficient (Wildman–Crippen LogP) is 7.69. The number of amides is 1. The normalized spacial score (nSPS) is 18.6. The SMILES string of the molecule is C[C@@H]1c2c(cc(F)c(-c3cccc4cc[nH]c34)c2F)NC(C)(C)[C@H]1OC(=O)Nc1ccc(Cl)cc1. The van der Waals surface area contributed by atoms with Gasteiger partial charge in [-0.1, -0.05) is 36.7 Å². The number of aromatic amines is 1. The summed E-state index contributed by atoms with van der Waals surface area (Å²) < 4.78 is 37.2. The topological polar surface area (TPSA) is 66.1 Å². The third kappa shape index (κ3) is 4.10. The Labute approximate surface area is 206 Å². The van der Waals surface area contributed by atoms with Crippen molar-refractivity contribution in [1.82, 2.24) is 4.98 Å². The van der Waals surface area contributed by atoms with Crippen molar-refractivity contribution in [3.63, 3.8) is 0 Å². The van der Waals surface area contributed by atoms with Gasteiger partial charge in [0.15, 0.2) is 0 Å². The summed E-state index contributed by atoms with van der Waals surface area (Å²) in [6.07, 6.45) is 0.316. The number of para-hydroxylation sites is 1. The Kier molecular flexibility index (Phi) is 5.68. The molecule has 1 aliphatic heterocycles. The zero-order valence-electron chi connectivity index (χ0n) is 19.4. The highest BCUT2D eigenvalue weighted by Crippen LogP contribution is 2.46. The number of rotatable bonds is 3. The van der Waals surface area contributed by atoms with Gasteiger partial charge >= 0.3 is 6.09 Å². The lowest BCUT2D eigenvalue weighted by atomic mass is 9.77. The second-order valence-electron chi connectivity index (χ2n) is 9.35. The monoisotopic (exact) mass is 495 g/mol. The van der Waals surface area contributed by atoms with Crippen LogP contribution in [0.15, 0.2) is 60.8 Å². The van der Waals surface area contributed by atoms with E-state index in [0.717, 1.165) is 5.39 Å². The summed E-state index contributed by atoms with van der Waals surface area (Å²) in [4.78, 5) is 15.8. The van der Waals surface area contributed by atoms with Crippen LogP contribution in [0.25, 0.3) is 22.0 Å². The summed E-state index contributed by atoms with van der Waals surface area (Å²) in [5.74, 6) is -1.90. The fraction of sp³-hybridized carbons (Fsp3) is 0.222. The molecule has 3 aromatic carbocycles. The molecule has 0 saturated carbocycles. The van der Waals surface area contributed by atoms with Gasteiger partial charge in [-0.2, -0.15) is 0 Å². The van der Waals surface area contributed by atoms with Crippen LogP contribution in [0.1, 0.15) is 32.3 Å². The Morgan fingerprint density at radius 2 is 1.86 bits per heavy atom. The van der Waals surface area contributed by atoms with E-state index in [1.165, 1.54) is 6.07 Å². The number of nitrogens with one attached hydrogen (secondary N) is 3. The Hall–Kier alpha value is -3.58. The lowest BCUT2D eigenvalue weighted by molar-refractivity contribution is 0.0561. The van der Waals surface area contributed by atoms with E-state index >= 15 is 8.78 Å². The summed E-state index contributed by atoms with van der Waals surface area (Å²) in [7, 11) is 0. The summed E-state index contributed by atoms with van der Waals surface area (Å²) in [6, 6.07) is 15.1. The Morgan fingerprint density at radius 3 is 2.60 bits per heavy atom. The van der Waals surface area contributed by atoms with Crippen LogP contribution in [0, 0.1) is 11.6 Å². The zero-order chi connectivity index (χ0) is 24.9. The van der Waals surface area contributed by atoms with Crippen molar-refractivity contribution < 1.29 is 18.3 Å². The van der Waals surface area contributed by atoms with Gasteiger partial charge in [0, 0.05) is 39.6 Å². The van der Waals surface area contributed by atoms with Crippen molar-refractivity contribution in [1.29, 1.82) is 0 Å². The van der Waals surface area contributed by atoms with Crippen LogP contribution in [0.2, 0.25) is 5.02 Å². The molecule has 0 radical (unpaired) electrons. The number of H-pyrrole nitrogens is 1. The van der Waals surface area contributed by atoms with Crippen molar-refractivity contribution >= 4 is 40.0 Å². The van der Waals surface area contributed by atoms with Gasteiger partial charge < -0.3 is 15.0 Å². The predicted molar refractivity (Wildman–Crippen MR) is 135 cm³/mol. The molecule has 5 rings (SSSR count). The van der Waals surface area contributed by atoms with Gasteiger partial charge in [0.2, 0.25) is 0 Å². The zero-order valence-corrected chi connectivity index (χ0v) is 20.1. The van der Waals surface area contributed by atoms with Gasteiger partial charge in [-0.15, -0.1) is 0 Å². The van der Waals surface area contributed by atoms with E-state index in [-0.39, 0.29) is 11.1 Å². The second kappa shape index (κ2) is 8.57. The molecular weight excluding hydrogens is 472 g/mol. The van der Waals surface area contributed by atoms with Crippen molar-refractivity contribution in [2.24, 2.45) is 0 Å². The van der Waals surface area contributed by atoms with Gasteiger partial charge in [0.05, 0.1) is 16.6 Å². The molecule has 8 heteroatoms. The number of benzene rings is 3. The first-order valence-corrected chi connectivity index (χ1v) is 11.6. The summed E-state index contributed by atoms with van der Waals surface area (Å²) in [6.45, 7) is 5.44. The van der Waals surface area contributed by atoms with Crippen LogP contribution >= 0.6 is 11.6 Å². The molecule has 1 aromatic heterocycles. The smallest absolute Gasteiger partial charge is 0.411 e. The molecule has 4 aromatic rings. The van der Waals surface area contributed by atoms with Crippen LogP contribution in [0.4, 0.5) is 25.0 Å². The molecule has 0 aliphatic carbocycles. The lowest BCUT2D eigenvalue weighted by Crippen LogP contribution is -2.52. The quantitative estimate of drug-likeness (QED) is 0.273. The molecule has 0 unspecified atom stereocenters. The molecule has 5 nitrogen and oxygen atoms in total. The maximum atomic E-state index is 16.1. The highest BCUT2D eigenvalue weighted by Gasteiger charge is 2.45. The van der Waals surface area contributed by atoms with E-state index in [2.05, 4.69) is 15.6 Å².